The molecule has 2 rings (SSSR count). The van der Waals surface area contributed by atoms with E-state index in [4.69, 9.17) is 4.74 Å². The predicted octanol–water partition coefficient (Wildman–Crippen LogP) is 3.99. The molecule has 1 unspecified atom stereocenters. The second-order valence-electron chi connectivity index (χ2n) is 4.81. The molecular formula is C17H20O3. The van der Waals surface area contributed by atoms with Crippen LogP contribution in [0.3, 0.4) is 0 Å². The van der Waals surface area contributed by atoms with Crippen molar-refractivity contribution in [1.29, 1.82) is 0 Å². The van der Waals surface area contributed by atoms with Gasteiger partial charge in [0, 0.05) is 5.56 Å². The van der Waals surface area contributed by atoms with E-state index in [-0.39, 0.29) is 11.7 Å². The Labute approximate surface area is 119 Å². The molecule has 2 aromatic rings. The van der Waals surface area contributed by atoms with Gasteiger partial charge in [-0.15, -0.1) is 0 Å². The van der Waals surface area contributed by atoms with Gasteiger partial charge >= 0.3 is 5.97 Å². The van der Waals surface area contributed by atoms with Crippen molar-refractivity contribution < 1.29 is 14.6 Å². The fourth-order valence-electron chi connectivity index (χ4n) is 2.56. The summed E-state index contributed by atoms with van der Waals surface area (Å²) >= 11 is 0. The van der Waals surface area contributed by atoms with E-state index in [9.17, 15) is 9.90 Å². The van der Waals surface area contributed by atoms with E-state index < -0.39 is 5.92 Å². The van der Waals surface area contributed by atoms with Crippen molar-refractivity contribution in [2.45, 2.75) is 32.6 Å². The Morgan fingerprint density at radius 3 is 2.65 bits per heavy atom. The van der Waals surface area contributed by atoms with Crippen molar-refractivity contribution in [2.24, 2.45) is 0 Å². The molecule has 20 heavy (non-hydrogen) atoms. The minimum absolute atomic E-state index is 0.162. The summed E-state index contributed by atoms with van der Waals surface area (Å²) < 4.78 is 5.16. The van der Waals surface area contributed by atoms with Crippen LogP contribution >= 0.6 is 0 Å². The summed E-state index contributed by atoms with van der Waals surface area (Å²) in [5.41, 5.74) is 0.684. The first-order valence-corrected chi connectivity index (χ1v) is 7.06. The summed E-state index contributed by atoms with van der Waals surface area (Å²) in [5, 5.41) is 12.1. The van der Waals surface area contributed by atoms with Crippen LogP contribution in [0.15, 0.2) is 36.4 Å². The predicted molar refractivity (Wildman–Crippen MR) is 79.9 cm³/mol. The quantitative estimate of drug-likeness (QED) is 0.837. The highest BCUT2D eigenvalue weighted by molar-refractivity contribution is 5.93. The standard InChI is InChI=1S/C17H20O3/c1-3-7-14(17(19)20-4-2)16-13-9-6-5-8-12(13)10-11-15(16)18/h5-6,8-11,14,18H,3-4,7H2,1-2H3. The molecule has 0 spiro atoms. The lowest BCUT2D eigenvalue weighted by Crippen LogP contribution is -2.16. The number of carbonyl (C=O) groups is 1. The number of hydrogen-bond donors (Lipinski definition) is 1. The van der Waals surface area contributed by atoms with Crippen LogP contribution in [-0.4, -0.2) is 17.7 Å². The van der Waals surface area contributed by atoms with Crippen LogP contribution in [0.2, 0.25) is 0 Å². The molecule has 0 saturated heterocycles. The molecule has 1 atom stereocenters. The Morgan fingerprint density at radius 2 is 1.95 bits per heavy atom. The number of ether oxygens (including phenoxy) is 1. The zero-order valence-electron chi connectivity index (χ0n) is 11.9. The average molecular weight is 272 g/mol. The normalized spacial score (nSPS) is 12.3. The highest BCUT2D eigenvalue weighted by atomic mass is 16.5. The topological polar surface area (TPSA) is 46.5 Å². The minimum atomic E-state index is -0.411. The summed E-state index contributed by atoms with van der Waals surface area (Å²) in [4.78, 5) is 12.2. The highest BCUT2D eigenvalue weighted by Gasteiger charge is 2.25. The third-order valence-corrected chi connectivity index (χ3v) is 3.44. The van der Waals surface area contributed by atoms with E-state index >= 15 is 0 Å². The zero-order chi connectivity index (χ0) is 14.5. The van der Waals surface area contributed by atoms with Gasteiger partial charge in [0.25, 0.3) is 0 Å². The zero-order valence-corrected chi connectivity index (χ0v) is 11.9. The minimum Gasteiger partial charge on any atom is -0.508 e. The first-order chi connectivity index (χ1) is 9.69. The van der Waals surface area contributed by atoms with E-state index in [1.165, 1.54) is 0 Å². The molecule has 0 aliphatic rings. The van der Waals surface area contributed by atoms with Gasteiger partial charge in [-0.2, -0.15) is 0 Å². The Bertz CT molecular complexity index is 604. The molecule has 0 fully saturated rings. The highest BCUT2D eigenvalue weighted by Crippen LogP contribution is 2.36. The number of rotatable bonds is 5. The van der Waals surface area contributed by atoms with Gasteiger partial charge in [-0.05, 0) is 30.2 Å². The Hall–Kier alpha value is -2.03. The van der Waals surface area contributed by atoms with Crippen LogP contribution in [-0.2, 0) is 9.53 Å². The molecule has 0 aliphatic heterocycles. The van der Waals surface area contributed by atoms with Crippen molar-refractivity contribution in [3.8, 4) is 5.75 Å². The summed E-state index contributed by atoms with van der Waals surface area (Å²) in [6.45, 7) is 4.17. The lowest BCUT2D eigenvalue weighted by atomic mass is 9.89. The van der Waals surface area contributed by atoms with Gasteiger partial charge in [-0.1, -0.05) is 43.7 Å². The van der Waals surface area contributed by atoms with Gasteiger partial charge in [-0.3, -0.25) is 4.79 Å². The fourth-order valence-corrected chi connectivity index (χ4v) is 2.56. The number of phenols is 1. The molecule has 0 heterocycles. The smallest absolute Gasteiger partial charge is 0.313 e. The van der Waals surface area contributed by atoms with Crippen LogP contribution in [0.4, 0.5) is 0 Å². The number of esters is 1. The second-order valence-corrected chi connectivity index (χ2v) is 4.81. The molecule has 1 N–H and O–H groups in total. The van der Waals surface area contributed by atoms with Crippen LogP contribution in [0, 0.1) is 0 Å². The van der Waals surface area contributed by atoms with Crippen molar-refractivity contribution in [1.82, 2.24) is 0 Å². The van der Waals surface area contributed by atoms with E-state index in [2.05, 4.69) is 0 Å². The van der Waals surface area contributed by atoms with Gasteiger partial charge < -0.3 is 9.84 Å². The SMILES string of the molecule is CCCC(C(=O)OCC)c1c(O)ccc2ccccc12. The van der Waals surface area contributed by atoms with E-state index in [0.29, 0.717) is 18.6 Å². The van der Waals surface area contributed by atoms with Gasteiger partial charge in [0.15, 0.2) is 0 Å². The molecule has 0 aliphatic carbocycles. The third-order valence-electron chi connectivity index (χ3n) is 3.44. The van der Waals surface area contributed by atoms with E-state index in [0.717, 1.165) is 17.2 Å². The van der Waals surface area contributed by atoms with Gasteiger partial charge in [0.1, 0.15) is 5.75 Å². The lowest BCUT2D eigenvalue weighted by Gasteiger charge is -2.18. The average Bonchev–Trinajstić information content (AvgIpc) is 2.46. The van der Waals surface area contributed by atoms with Gasteiger partial charge in [-0.25, -0.2) is 0 Å². The molecule has 0 bridgehead atoms. The lowest BCUT2D eigenvalue weighted by molar-refractivity contribution is -0.145. The molecule has 3 heteroatoms. The van der Waals surface area contributed by atoms with Crippen LogP contribution < -0.4 is 0 Å². The first-order valence-electron chi connectivity index (χ1n) is 7.06. The molecule has 0 amide bonds. The second kappa shape index (κ2) is 6.42. The first kappa shape index (κ1) is 14.4. The number of aromatic hydroxyl groups is 1. The van der Waals surface area contributed by atoms with Crippen LogP contribution in [0.5, 0.6) is 5.75 Å². The Morgan fingerprint density at radius 1 is 1.20 bits per heavy atom. The summed E-state index contributed by atoms with van der Waals surface area (Å²) in [5.74, 6) is -0.512. The number of phenolic OH excluding ortho intramolecular Hbond substituents is 1. The molecular weight excluding hydrogens is 252 g/mol. The van der Waals surface area contributed by atoms with E-state index in [1.54, 1.807) is 13.0 Å². The Balaban J connectivity index is 2.57. The molecule has 2 aromatic carbocycles. The van der Waals surface area contributed by atoms with Crippen LogP contribution in [0.1, 0.15) is 38.2 Å². The maximum Gasteiger partial charge on any atom is 0.313 e. The number of carbonyl (C=O) groups excluding carboxylic acids is 1. The van der Waals surface area contributed by atoms with Gasteiger partial charge in [0.2, 0.25) is 0 Å². The maximum atomic E-state index is 12.2. The van der Waals surface area contributed by atoms with Crippen molar-refractivity contribution in [3.63, 3.8) is 0 Å². The maximum absolute atomic E-state index is 12.2. The Kier molecular flexibility index (Phi) is 4.61. The number of benzene rings is 2. The molecule has 0 saturated carbocycles. The summed E-state index contributed by atoms with van der Waals surface area (Å²) in [6, 6.07) is 11.3. The van der Waals surface area contributed by atoms with Crippen molar-refractivity contribution in [2.75, 3.05) is 6.61 Å². The molecule has 0 aromatic heterocycles. The summed E-state index contributed by atoms with van der Waals surface area (Å²) in [7, 11) is 0. The van der Waals surface area contributed by atoms with Gasteiger partial charge in [0.05, 0.1) is 12.5 Å². The molecule has 106 valence electrons. The van der Waals surface area contributed by atoms with Crippen molar-refractivity contribution >= 4 is 16.7 Å². The monoisotopic (exact) mass is 272 g/mol. The number of fused-ring (bicyclic) bond motifs is 1. The largest absolute Gasteiger partial charge is 0.508 e. The summed E-state index contributed by atoms with van der Waals surface area (Å²) in [6.07, 6.45) is 1.52. The third kappa shape index (κ3) is 2.77. The fraction of sp³-hybridized carbons (Fsp3) is 0.353. The molecule has 0 radical (unpaired) electrons. The van der Waals surface area contributed by atoms with Crippen LogP contribution in [0.25, 0.3) is 10.8 Å². The molecule has 3 nitrogen and oxygen atoms in total. The van der Waals surface area contributed by atoms with E-state index in [1.807, 2.05) is 37.3 Å². The van der Waals surface area contributed by atoms with Crippen molar-refractivity contribution in [3.05, 3.63) is 42.0 Å². The number of hydrogen-bond acceptors (Lipinski definition) is 3.